The van der Waals surface area contributed by atoms with Gasteiger partial charge in [-0.25, -0.2) is 0 Å². The minimum Gasteiger partial charge on any atom is -0.143 e. The number of aryl methyl sites for hydroxylation is 1. The van der Waals surface area contributed by atoms with Crippen molar-refractivity contribution in [2.24, 2.45) is 0 Å². The first-order valence-corrected chi connectivity index (χ1v) is 5.44. The zero-order valence-corrected chi connectivity index (χ0v) is 9.20. The molecule has 0 aliphatic carbocycles. The maximum absolute atomic E-state index is 3.97. The minimum atomic E-state index is 0.783. The molecule has 0 unspecified atom stereocenters. The first kappa shape index (κ1) is 8.21. The van der Waals surface area contributed by atoms with Crippen molar-refractivity contribution in [3.63, 3.8) is 0 Å². The smallest absolute Gasteiger partial charge is 0.143 e. The molecule has 0 saturated carbocycles. The highest BCUT2D eigenvalue weighted by molar-refractivity contribution is 9.11. The molecule has 0 radical (unpaired) electrons. The van der Waals surface area contributed by atoms with Crippen molar-refractivity contribution in [1.82, 2.24) is 19.8 Å². The summed E-state index contributed by atoms with van der Waals surface area (Å²) in [5.74, 6) is 0. The standard InChI is InChI=1S/C5H3BrN4S2/c1-2-3(12-10-7-2)4-8-9-5(6)11-4/h1H3. The lowest BCUT2D eigenvalue weighted by atomic mass is 10.4. The summed E-state index contributed by atoms with van der Waals surface area (Å²) in [4.78, 5) is 0.998. The van der Waals surface area contributed by atoms with Crippen molar-refractivity contribution >= 4 is 38.8 Å². The van der Waals surface area contributed by atoms with Gasteiger partial charge in [0.2, 0.25) is 0 Å². The van der Waals surface area contributed by atoms with E-state index in [4.69, 9.17) is 0 Å². The zero-order valence-electron chi connectivity index (χ0n) is 5.98. The Bertz CT molecular complexity index is 396. The van der Waals surface area contributed by atoms with Crippen LogP contribution in [0.1, 0.15) is 5.69 Å². The maximum atomic E-state index is 3.97. The number of rotatable bonds is 1. The highest BCUT2D eigenvalue weighted by Crippen LogP contribution is 2.30. The predicted molar refractivity (Wildman–Crippen MR) is 51.2 cm³/mol. The maximum Gasteiger partial charge on any atom is 0.183 e. The molecular weight excluding hydrogens is 260 g/mol. The minimum absolute atomic E-state index is 0.783. The topological polar surface area (TPSA) is 51.6 Å². The van der Waals surface area contributed by atoms with Crippen LogP contribution in [-0.4, -0.2) is 19.8 Å². The number of halogens is 1. The molecule has 2 aromatic rings. The van der Waals surface area contributed by atoms with Gasteiger partial charge >= 0.3 is 0 Å². The molecule has 0 bridgehead atoms. The second kappa shape index (κ2) is 3.15. The quantitative estimate of drug-likeness (QED) is 0.790. The molecule has 0 aliphatic heterocycles. The molecule has 4 nitrogen and oxygen atoms in total. The molecule has 0 aromatic carbocycles. The summed E-state index contributed by atoms with van der Waals surface area (Å²) < 4.78 is 4.61. The molecule has 62 valence electrons. The van der Waals surface area contributed by atoms with Crippen LogP contribution >= 0.6 is 38.8 Å². The van der Waals surface area contributed by atoms with Crippen LogP contribution in [0.2, 0.25) is 0 Å². The fraction of sp³-hybridized carbons (Fsp3) is 0.200. The highest BCUT2D eigenvalue weighted by Gasteiger charge is 2.10. The number of aromatic nitrogens is 4. The summed E-state index contributed by atoms with van der Waals surface area (Å²) >= 11 is 6.08. The Hall–Kier alpha value is -0.400. The van der Waals surface area contributed by atoms with Gasteiger partial charge in [-0.15, -0.1) is 15.3 Å². The van der Waals surface area contributed by atoms with Gasteiger partial charge in [-0.2, -0.15) is 0 Å². The van der Waals surface area contributed by atoms with E-state index >= 15 is 0 Å². The van der Waals surface area contributed by atoms with Crippen molar-refractivity contribution in [3.05, 3.63) is 9.61 Å². The van der Waals surface area contributed by atoms with Crippen molar-refractivity contribution < 1.29 is 0 Å². The van der Waals surface area contributed by atoms with Crippen LogP contribution in [0, 0.1) is 6.92 Å². The van der Waals surface area contributed by atoms with Gasteiger partial charge in [0.1, 0.15) is 4.88 Å². The van der Waals surface area contributed by atoms with Gasteiger partial charge in [0.15, 0.2) is 8.92 Å². The van der Waals surface area contributed by atoms with Gasteiger partial charge in [-0.1, -0.05) is 15.8 Å². The number of hydrogen-bond acceptors (Lipinski definition) is 6. The molecule has 12 heavy (non-hydrogen) atoms. The van der Waals surface area contributed by atoms with Gasteiger partial charge in [-0.05, 0) is 34.4 Å². The predicted octanol–water partition coefficient (Wildman–Crippen LogP) is 2.13. The van der Waals surface area contributed by atoms with E-state index in [0.29, 0.717) is 0 Å². The molecule has 0 amide bonds. The van der Waals surface area contributed by atoms with E-state index in [9.17, 15) is 0 Å². The zero-order chi connectivity index (χ0) is 8.55. The molecule has 7 heteroatoms. The van der Waals surface area contributed by atoms with Crippen LogP contribution in [0.5, 0.6) is 0 Å². The Morgan fingerprint density at radius 3 is 2.58 bits per heavy atom. The fourth-order valence-electron chi connectivity index (χ4n) is 0.725. The fourth-order valence-corrected chi connectivity index (χ4v) is 2.60. The van der Waals surface area contributed by atoms with E-state index in [0.717, 1.165) is 19.5 Å². The average Bonchev–Trinajstić information content (AvgIpc) is 2.58. The van der Waals surface area contributed by atoms with Crippen LogP contribution in [0.4, 0.5) is 0 Å². The van der Waals surface area contributed by atoms with Crippen LogP contribution in [0.25, 0.3) is 9.88 Å². The lowest BCUT2D eigenvalue weighted by Crippen LogP contribution is -1.76. The molecule has 0 spiro atoms. The van der Waals surface area contributed by atoms with Crippen LogP contribution in [0.15, 0.2) is 3.92 Å². The molecule has 0 N–H and O–H groups in total. The van der Waals surface area contributed by atoms with Crippen molar-refractivity contribution in [2.75, 3.05) is 0 Å². The Morgan fingerprint density at radius 2 is 2.08 bits per heavy atom. The third-order valence-corrected chi connectivity index (χ3v) is 3.58. The molecular formula is C5H3BrN4S2. The van der Waals surface area contributed by atoms with Crippen LogP contribution in [0.3, 0.4) is 0 Å². The second-order valence-electron chi connectivity index (χ2n) is 2.05. The summed E-state index contributed by atoms with van der Waals surface area (Å²) in [7, 11) is 0. The molecule has 2 aromatic heterocycles. The normalized spacial score (nSPS) is 10.5. The molecule has 0 atom stereocenters. The Morgan fingerprint density at radius 1 is 1.25 bits per heavy atom. The lowest BCUT2D eigenvalue weighted by molar-refractivity contribution is 1.06. The molecule has 2 heterocycles. The first-order valence-electron chi connectivity index (χ1n) is 3.05. The van der Waals surface area contributed by atoms with Crippen LogP contribution in [-0.2, 0) is 0 Å². The van der Waals surface area contributed by atoms with Gasteiger partial charge in [-0.3, -0.25) is 0 Å². The molecule has 0 saturated heterocycles. The number of hydrogen-bond donors (Lipinski definition) is 0. The van der Waals surface area contributed by atoms with Crippen molar-refractivity contribution in [2.45, 2.75) is 6.92 Å². The molecule has 0 aliphatic rings. The average molecular weight is 263 g/mol. The monoisotopic (exact) mass is 262 g/mol. The van der Waals surface area contributed by atoms with Gasteiger partial charge in [0.05, 0.1) is 5.69 Å². The van der Waals surface area contributed by atoms with E-state index in [1.807, 2.05) is 6.92 Å². The van der Waals surface area contributed by atoms with E-state index in [-0.39, 0.29) is 0 Å². The summed E-state index contributed by atoms with van der Waals surface area (Å²) in [5.41, 5.74) is 0.906. The number of nitrogens with zero attached hydrogens (tertiary/aromatic N) is 4. The third-order valence-electron chi connectivity index (χ3n) is 1.25. The second-order valence-corrected chi connectivity index (χ2v) is 5.06. The van der Waals surface area contributed by atoms with Crippen LogP contribution < -0.4 is 0 Å². The Kier molecular flexibility index (Phi) is 2.16. The Labute approximate surface area is 85.0 Å². The molecule has 0 fully saturated rings. The summed E-state index contributed by atoms with van der Waals surface area (Å²) in [6.07, 6.45) is 0. The van der Waals surface area contributed by atoms with E-state index in [2.05, 4.69) is 35.7 Å². The SMILES string of the molecule is Cc1nnsc1-c1nnc(Br)s1. The van der Waals surface area contributed by atoms with Gasteiger partial charge < -0.3 is 0 Å². The third kappa shape index (κ3) is 1.39. The molecule has 2 rings (SSSR count). The van der Waals surface area contributed by atoms with E-state index in [1.54, 1.807) is 0 Å². The lowest BCUT2D eigenvalue weighted by Gasteiger charge is -1.84. The van der Waals surface area contributed by atoms with E-state index < -0.39 is 0 Å². The Balaban J connectivity index is 2.50. The summed E-state index contributed by atoms with van der Waals surface area (Å²) in [6.45, 7) is 1.91. The largest absolute Gasteiger partial charge is 0.183 e. The van der Waals surface area contributed by atoms with Gasteiger partial charge in [0, 0.05) is 0 Å². The van der Waals surface area contributed by atoms with E-state index in [1.165, 1.54) is 22.9 Å². The first-order chi connectivity index (χ1) is 5.77. The van der Waals surface area contributed by atoms with Crippen molar-refractivity contribution in [1.29, 1.82) is 0 Å². The summed E-state index contributed by atoms with van der Waals surface area (Å²) in [5, 5.41) is 12.6. The summed E-state index contributed by atoms with van der Waals surface area (Å²) in [6, 6.07) is 0. The van der Waals surface area contributed by atoms with Crippen molar-refractivity contribution in [3.8, 4) is 9.88 Å². The highest BCUT2D eigenvalue weighted by atomic mass is 79.9. The van der Waals surface area contributed by atoms with Gasteiger partial charge in [0.25, 0.3) is 0 Å².